The number of benzene rings is 1. The minimum atomic E-state index is -1.16. The van der Waals surface area contributed by atoms with Gasteiger partial charge in [-0.3, -0.25) is 4.79 Å². The smallest absolute Gasteiger partial charge is 0.326 e. The molecule has 1 unspecified atom stereocenters. The van der Waals surface area contributed by atoms with Crippen molar-refractivity contribution in [2.24, 2.45) is 0 Å². The van der Waals surface area contributed by atoms with E-state index in [1.54, 1.807) is 0 Å². The first-order valence-electron chi connectivity index (χ1n) is 4.79. The highest BCUT2D eigenvalue weighted by Gasteiger charge is 2.24. The molecule has 92 valence electrons. The zero-order valence-electron chi connectivity index (χ0n) is 9.28. The molecule has 0 saturated heterocycles. The Morgan fingerprint density at radius 2 is 2.06 bits per heavy atom. The SMILES string of the molecule is CC(C(=O)O)N(C)C(=O)c1ccc(Cl)cc1F. The molecule has 0 spiro atoms. The molecule has 0 aliphatic carbocycles. The molecule has 0 aliphatic rings. The van der Waals surface area contributed by atoms with E-state index in [1.165, 1.54) is 26.1 Å². The average Bonchev–Trinajstić information content (AvgIpc) is 2.26. The van der Waals surface area contributed by atoms with Crippen LogP contribution in [0.1, 0.15) is 17.3 Å². The Morgan fingerprint density at radius 1 is 1.47 bits per heavy atom. The van der Waals surface area contributed by atoms with Crippen molar-refractivity contribution in [1.29, 1.82) is 0 Å². The standard InChI is InChI=1S/C11H11ClFNO3/c1-6(11(16)17)14(2)10(15)8-4-3-7(12)5-9(8)13/h3-6H,1-2H3,(H,16,17). The van der Waals surface area contributed by atoms with Gasteiger partial charge in [-0.15, -0.1) is 0 Å². The Labute approximate surface area is 103 Å². The van der Waals surface area contributed by atoms with Gasteiger partial charge in [-0.05, 0) is 25.1 Å². The lowest BCUT2D eigenvalue weighted by atomic mass is 10.1. The molecule has 17 heavy (non-hydrogen) atoms. The number of likely N-dealkylation sites (N-methyl/N-ethyl adjacent to an activating group) is 1. The van der Waals surface area contributed by atoms with Crippen LogP contribution in [-0.2, 0) is 4.79 Å². The fourth-order valence-electron chi connectivity index (χ4n) is 1.19. The van der Waals surface area contributed by atoms with Crippen LogP contribution in [0.2, 0.25) is 5.02 Å². The average molecular weight is 260 g/mol. The molecule has 1 aromatic carbocycles. The monoisotopic (exact) mass is 259 g/mol. The van der Waals surface area contributed by atoms with Crippen LogP contribution in [0.5, 0.6) is 0 Å². The lowest BCUT2D eigenvalue weighted by Crippen LogP contribution is -2.40. The van der Waals surface area contributed by atoms with E-state index in [0.717, 1.165) is 11.0 Å². The highest BCUT2D eigenvalue weighted by Crippen LogP contribution is 2.16. The molecule has 1 aromatic rings. The maximum Gasteiger partial charge on any atom is 0.326 e. The van der Waals surface area contributed by atoms with E-state index in [4.69, 9.17) is 16.7 Å². The van der Waals surface area contributed by atoms with Crippen LogP contribution in [0.4, 0.5) is 4.39 Å². The van der Waals surface area contributed by atoms with Crippen LogP contribution < -0.4 is 0 Å². The number of carbonyl (C=O) groups excluding carboxylic acids is 1. The number of rotatable bonds is 3. The molecule has 0 aromatic heterocycles. The second-order valence-corrected chi connectivity index (χ2v) is 3.99. The van der Waals surface area contributed by atoms with E-state index >= 15 is 0 Å². The molecule has 0 fully saturated rings. The lowest BCUT2D eigenvalue weighted by Gasteiger charge is -2.21. The van der Waals surface area contributed by atoms with Crippen LogP contribution >= 0.6 is 11.6 Å². The van der Waals surface area contributed by atoms with Crippen molar-refractivity contribution in [1.82, 2.24) is 4.90 Å². The third-order valence-electron chi connectivity index (χ3n) is 2.42. The normalized spacial score (nSPS) is 12.0. The van der Waals surface area contributed by atoms with Crippen LogP contribution in [0.15, 0.2) is 18.2 Å². The number of halogens is 2. The second-order valence-electron chi connectivity index (χ2n) is 3.55. The van der Waals surface area contributed by atoms with E-state index in [2.05, 4.69) is 0 Å². The van der Waals surface area contributed by atoms with Crippen molar-refractivity contribution in [2.75, 3.05) is 7.05 Å². The van der Waals surface area contributed by atoms with Gasteiger partial charge in [0, 0.05) is 12.1 Å². The summed E-state index contributed by atoms with van der Waals surface area (Å²) in [6, 6.07) is 2.58. The van der Waals surface area contributed by atoms with E-state index in [1.807, 2.05) is 0 Å². The molecule has 0 bridgehead atoms. The topological polar surface area (TPSA) is 57.6 Å². The summed E-state index contributed by atoms with van der Waals surface area (Å²) in [7, 11) is 1.30. The second kappa shape index (κ2) is 5.14. The molecule has 0 aliphatic heterocycles. The quantitative estimate of drug-likeness (QED) is 0.904. The number of hydrogen-bond donors (Lipinski definition) is 1. The zero-order chi connectivity index (χ0) is 13.2. The molecular formula is C11H11ClFNO3. The van der Waals surface area contributed by atoms with E-state index in [-0.39, 0.29) is 10.6 Å². The number of aliphatic carboxylic acids is 1. The third kappa shape index (κ3) is 2.94. The summed E-state index contributed by atoms with van der Waals surface area (Å²) in [5.74, 6) is -2.63. The third-order valence-corrected chi connectivity index (χ3v) is 2.66. The summed E-state index contributed by atoms with van der Waals surface area (Å²) >= 11 is 5.56. The summed E-state index contributed by atoms with van der Waals surface area (Å²) < 4.78 is 13.4. The summed E-state index contributed by atoms with van der Waals surface area (Å²) in [5.41, 5.74) is -0.204. The highest BCUT2D eigenvalue weighted by molar-refractivity contribution is 6.30. The van der Waals surface area contributed by atoms with Crippen LogP contribution in [-0.4, -0.2) is 35.0 Å². The van der Waals surface area contributed by atoms with E-state index < -0.39 is 23.7 Å². The van der Waals surface area contributed by atoms with Gasteiger partial charge < -0.3 is 10.0 Å². The summed E-state index contributed by atoms with van der Waals surface area (Å²) in [6.07, 6.45) is 0. The first-order valence-corrected chi connectivity index (χ1v) is 5.17. The fourth-order valence-corrected chi connectivity index (χ4v) is 1.35. The van der Waals surface area contributed by atoms with Crippen LogP contribution in [0.25, 0.3) is 0 Å². The molecule has 1 atom stereocenters. The number of nitrogens with zero attached hydrogens (tertiary/aromatic N) is 1. The molecule has 1 amide bonds. The molecule has 0 saturated carbocycles. The Balaban J connectivity index is 3.00. The van der Waals surface area contributed by atoms with E-state index in [9.17, 15) is 14.0 Å². The molecule has 0 radical (unpaired) electrons. The molecule has 1 rings (SSSR count). The molecule has 6 heteroatoms. The minimum absolute atomic E-state index is 0.174. The van der Waals surface area contributed by atoms with Gasteiger partial charge in [0.2, 0.25) is 0 Å². The van der Waals surface area contributed by atoms with Gasteiger partial charge in [0.15, 0.2) is 0 Å². The van der Waals surface area contributed by atoms with Gasteiger partial charge in [0.1, 0.15) is 11.9 Å². The summed E-state index contributed by atoms with van der Waals surface area (Å²) in [6.45, 7) is 1.34. The van der Waals surface area contributed by atoms with Gasteiger partial charge in [-0.2, -0.15) is 0 Å². The van der Waals surface area contributed by atoms with Crippen molar-refractivity contribution >= 4 is 23.5 Å². The molecule has 0 heterocycles. The van der Waals surface area contributed by atoms with Gasteiger partial charge in [0.05, 0.1) is 5.56 Å². The van der Waals surface area contributed by atoms with Crippen molar-refractivity contribution in [3.63, 3.8) is 0 Å². The first-order chi connectivity index (χ1) is 7.84. The van der Waals surface area contributed by atoms with E-state index in [0.29, 0.717) is 0 Å². The number of carboxylic acids is 1. The Bertz CT molecular complexity index is 464. The largest absolute Gasteiger partial charge is 0.480 e. The molecular weight excluding hydrogens is 249 g/mol. The number of carbonyl (C=O) groups is 2. The Morgan fingerprint density at radius 3 is 2.53 bits per heavy atom. The minimum Gasteiger partial charge on any atom is -0.480 e. The number of carboxylic acid groups (broad SMARTS) is 1. The van der Waals surface area contributed by atoms with Gasteiger partial charge in [-0.25, -0.2) is 9.18 Å². The predicted molar refractivity (Wildman–Crippen MR) is 60.6 cm³/mol. The van der Waals surface area contributed by atoms with Crippen LogP contribution in [0.3, 0.4) is 0 Å². The van der Waals surface area contributed by atoms with Crippen molar-refractivity contribution in [3.05, 3.63) is 34.6 Å². The van der Waals surface area contributed by atoms with Crippen molar-refractivity contribution < 1.29 is 19.1 Å². The maximum atomic E-state index is 13.4. The lowest BCUT2D eigenvalue weighted by molar-refractivity contribution is -0.141. The predicted octanol–water partition coefficient (Wildman–Crippen LogP) is 2.02. The van der Waals surface area contributed by atoms with Crippen LogP contribution in [0, 0.1) is 5.82 Å². The summed E-state index contributed by atoms with van der Waals surface area (Å²) in [4.78, 5) is 23.5. The van der Waals surface area contributed by atoms with Crippen molar-refractivity contribution in [3.8, 4) is 0 Å². The zero-order valence-corrected chi connectivity index (χ0v) is 10.0. The van der Waals surface area contributed by atoms with Crippen molar-refractivity contribution in [2.45, 2.75) is 13.0 Å². The number of hydrogen-bond acceptors (Lipinski definition) is 2. The Hall–Kier alpha value is -1.62. The van der Waals surface area contributed by atoms with Gasteiger partial charge in [0.25, 0.3) is 5.91 Å². The number of amides is 1. The summed E-state index contributed by atoms with van der Waals surface area (Å²) in [5, 5.41) is 8.93. The highest BCUT2D eigenvalue weighted by atomic mass is 35.5. The van der Waals surface area contributed by atoms with Gasteiger partial charge in [-0.1, -0.05) is 11.6 Å². The fraction of sp³-hybridized carbons (Fsp3) is 0.273. The molecule has 4 nitrogen and oxygen atoms in total. The Kier molecular flexibility index (Phi) is 4.07. The molecule has 1 N–H and O–H groups in total. The van der Waals surface area contributed by atoms with Gasteiger partial charge >= 0.3 is 5.97 Å². The maximum absolute atomic E-state index is 13.4. The first kappa shape index (κ1) is 13.4.